The van der Waals surface area contributed by atoms with Crippen molar-refractivity contribution in [2.75, 3.05) is 6.61 Å². The Kier molecular flexibility index (Phi) is 6.09. The molecule has 0 bridgehead atoms. The SMILES string of the molecule is CCCCOC(=O)Cn1cccc1CNC(C)(C)C. The number of carbonyl (C=O) groups is 1. The lowest BCUT2D eigenvalue weighted by molar-refractivity contribution is -0.144. The predicted molar refractivity (Wildman–Crippen MR) is 76.9 cm³/mol. The third-order valence-electron chi connectivity index (χ3n) is 2.78. The van der Waals surface area contributed by atoms with E-state index in [0.717, 1.165) is 25.1 Å². The molecule has 1 aromatic rings. The quantitative estimate of drug-likeness (QED) is 0.609. The lowest BCUT2D eigenvalue weighted by atomic mass is 10.1. The second-order valence-corrected chi connectivity index (χ2v) is 5.81. The Labute approximate surface area is 116 Å². The molecule has 0 saturated carbocycles. The fraction of sp³-hybridized carbons (Fsp3) is 0.667. The lowest BCUT2D eigenvalue weighted by Crippen LogP contribution is -2.35. The average Bonchev–Trinajstić information content (AvgIpc) is 2.73. The number of hydrogen-bond acceptors (Lipinski definition) is 3. The number of esters is 1. The van der Waals surface area contributed by atoms with E-state index in [-0.39, 0.29) is 18.1 Å². The van der Waals surface area contributed by atoms with Crippen molar-refractivity contribution in [3.05, 3.63) is 24.0 Å². The molecule has 19 heavy (non-hydrogen) atoms. The zero-order chi connectivity index (χ0) is 14.3. The number of nitrogens with zero attached hydrogens (tertiary/aromatic N) is 1. The highest BCUT2D eigenvalue weighted by Crippen LogP contribution is 2.06. The van der Waals surface area contributed by atoms with Crippen LogP contribution in [-0.2, 0) is 22.6 Å². The van der Waals surface area contributed by atoms with Gasteiger partial charge in [0.05, 0.1) is 6.61 Å². The molecule has 108 valence electrons. The summed E-state index contributed by atoms with van der Waals surface area (Å²) in [6, 6.07) is 3.98. The van der Waals surface area contributed by atoms with E-state index in [1.54, 1.807) is 0 Å². The summed E-state index contributed by atoms with van der Waals surface area (Å²) in [7, 11) is 0. The summed E-state index contributed by atoms with van der Waals surface area (Å²) in [6.07, 6.45) is 3.88. The predicted octanol–water partition coefficient (Wildman–Crippen LogP) is 2.72. The Morgan fingerprint density at radius 3 is 2.79 bits per heavy atom. The van der Waals surface area contributed by atoms with Crippen molar-refractivity contribution in [2.45, 2.75) is 59.2 Å². The second-order valence-electron chi connectivity index (χ2n) is 5.81. The van der Waals surface area contributed by atoms with Crippen molar-refractivity contribution < 1.29 is 9.53 Å². The molecule has 0 aromatic carbocycles. The molecule has 0 aliphatic rings. The molecule has 4 nitrogen and oxygen atoms in total. The van der Waals surface area contributed by atoms with E-state index in [4.69, 9.17) is 4.74 Å². The molecule has 1 rings (SSSR count). The summed E-state index contributed by atoms with van der Waals surface area (Å²) < 4.78 is 7.11. The van der Waals surface area contributed by atoms with E-state index in [1.165, 1.54) is 0 Å². The van der Waals surface area contributed by atoms with Crippen LogP contribution in [-0.4, -0.2) is 22.7 Å². The lowest BCUT2D eigenvalue weighted by Gasteiger charge is -2.21. The Morgan fingerprint density at radius 1 is 1.42 bits per heavy atom. The van der Waals surface area contributed by atoms with E-state index in [2.05, 4.69) is 33.0 Å². The van der Waals surface area contributed by atoms with E-state index in [1.807, 2.05) is 22.9 Å². The average molecular weight is 266 g/mol. The first-order valence-electron chi connectivity index (χ1n) is 6.97. The third kappa shape index (κ3) is 6.43. The number of hydrogen-bond donors (Lipinski definition) is 1. The van der Waals surface area contributed by atoms with Gasteiger partial charge in [0.1, 0.15) is 6.54 Å². The molecule has 4 heteroatoms. The molecule has 1 aromatic heterocycles. The number of unbranched alkanes of at least 4 members (excludes halogenated alkanes) is 1. The number of nitrogens with one attached hydrogen (secondary N) is 1. The molecule has 0 radical (unpaired) electrons. The van der Waals surface area contributed by atoms with E-state index in [0.29, 0.717) is 6.61 Å². The van der Waals surface area contributed by atoms with Crippen LogP contribution >= 0.6 is 0 Å². The Morgan fingerprint density at radius 2 is 2.16 bits per heavy atom. The topological polar surface area (TPSA) is 43.3 Å². The molecule has 0 fully saturated rings. The maximum Gasteiger partial charge on any atom is 0.325 e. The van der Waals surface area contributed by atoms with Gasteiger partial charge in [0.25, 0.3) is 0 Å². The van der Waals surface area contributed by atoms with Gasteiger partial charge in [0, 0.05) is 24.0 Å². The van der Waals surface area contributed by atoms with Crippen LogP contribution < -0.4 is 5.32 Å². The third-order valence-corrected chi connectivity index (χ3v) is 2.78. The molecule has 0 aliphatic heterocycles. The molecule has 0 spiro atoms. The Balaban J connectivity index is 2.46. The molecule has 0 aliphatic carbocycles. The first-order chi connectivity index (χ1) is 8.92. The van der Waals surface area contributed by atoms with Gasteiger partial charge >= 0.3 is 5.97 Å². The molecule has 1 N–H and O–H groups in total. The minimum absolute atomic E-state index is 0.0662. The number of ether oxygens (including phenoxy) is 1. The summed E-state index contributed by atoms with van der Waals surface area (Å²) in [4.78, 5) is 11.7. The van der Waals surface area contributed by atoms with Crippen LogP contribution in [0.4, 0.5) is 0 Å². The van der Waals surface area contributed by atoms with Gasteiger partial charge in [0.15, 0.2) is 0 Å². The van der Waals surface area contributed by atoms with Gasteiger partial charge in [-0.15, -0.1) is 0 Å². The van der Waals surface area contributed by atoms with Gasteiger partial charge in [-0.25, -0.2) is 0 Å². The van der Waals surface area contributed by atoms with Crippen LogP contribution in [0, 0.1) is 0 Å². The maximum atomic E-state index is 11.7. The Hall–Kier alpha value is -1.29. The van der Waals surface area contributed by atoms with Crippen LogP contribution in [0.3, 0.4) is 0 Å². The van der Waals surface area contributed by atoms with Gasteiger partial charge in [0.2, 0.25) is 0 Å². The Bertz CT molecular complexity index is 391. The maximum absolute atomic E-state index is 11.7. The van der Waals surface area contributed by atoms with Gasteiger partial charge < -0.3 is 14.6 Å². The molecular formula is C15H26N2O2. The van der Waals surface area contributed by atoms with Crippen LogP contribution in [0.5, 0.6) is 0 Å². The van der Waals surface area contributed by atoms with Crippen LogP contribution in [0.1, 0.15) is 46.2 Å². The van der Waals surface area contributed by atoms with Crippen LogP contribution in [0.15, 0.2) is 18.3 Å². The minimum atomic E-state index is -0.165. The summed E-state index contributed by atoms with van der Waals surface area (Å²) >= 11 is 0. The first kappa shape index (κ1) is 15.8. The minimum Gasteiger partial charge on any atom is -0.464 e. The highest BCUT2D eigenvalue weighted by atomic mass is 16.5. The summed E-state index contributed by atoms with van der Waals surface area (Å²) in [6.45, 7) is 10.0. The summed E-state index contributed by atoms with van der Waals surface area (Å²) in [5.41, 5.74) is 1.17. The van der Waals surface area contributed by atoms with E-state index in [9.17, 15) is 4.79 Å². The smallest absolute Gasteiger partial charge is 0.325 e. The second kappa shape index (κ2) is 7.34. The van der Waals surface area contributed by atoms with E-state index >= 15 is 0 Å². The molecule has 0 saturated heterocycles. The van der Waals surface area contributed by atoms with Crippen molar-refractivity contribution in [2.24, 2.45) is 0 Å². The summed E-state index contributed by atoms with van der Waals surface area (Å²) in [5, 5.41) is 3.42. The molecular weight excluding hydrogens is 240 g/mol. The molecule has 0 amide bonds. The van der Waals surface area contributed by atoms with Crippen LogP contribution in [0.25, 0.3) is 0 Å². The summed E-state index contributed by atoms with van der Waals surface area (Å²) in [5.74, 6) is -0.165. The monoisotopic (exact) mass is 266 g/mol. The first-order valence-corrected chi connectivity index (χ1v) is 6.97. The van der Waals surface area contributed by atoms with Crippen molar-refractivity contribution >= 4 is 5.97 Å². The van der Waals surface area contributed by atoms with Crippen molar-refractivity contribution in [1.82, 2.24) is 9.88 Å². The zero-order valence-corrected chi connectivity index (χ0v) is 12.5. The van der Waals surface area contributed by atoms with Crippen molar-refractivity contribution in [1.29, 1.82) is 0 Å². The molecule has 0 atom stereocenters. The van der Waals surface area contributed by atoms with Crippen molar-refractivity contribution in [3.8, 4) is 0 Å². The standard InChI is InChI=1S/C15H26N2O2/c1-5-6-10-19-14(18)12-17-9-7-8-13(17)11-16-15(2,3)4/h7-9,16H,5-6,10-12H2,1-4H3. The van der Waals surface area contributed by atoms with Gasteiger partial charge in [-0.1, -0.05) is 13.3 Å². The fourth-order valence-corrected chi connectivity index (χ4v) is 1.63. The van der Waals surface area contributed by atoms with Gasteiger partial charge in [-0.2, -0.15) is 0 Å². The van der Waals surface area contributed by atoms with Crippen LogP contribution in [0.2, 0.25) is 0 Å². The molecule has 1 heterocycles. The normalized spacial score (nSPS) is 11.6. The number of rotatable bonds is 7. The highest BCUT2D eigenvalue weighted by Gasteiger charge is 2.11. The van der Waals surface area contributed by atoms with Gasteiger partial charge in [-0.05, 0) is 39.3 Å². The van der Waals surface area contributed by atoms with E-state index < -0.39 is 0 Å². The molecule has 0 unspecified atom stereocenters. The zero-order valence-electron chi connectivity index (χ0n) is 12.5. The number of carbonyl (C=O) groups excluding carboxylic acids is 1. The fourth-order valence-electron chi connectivity index (χ4n) is 1.63. The van der Waals surface area contributed by atoms with Crippen molar-refractivity contribution in [3.63, 3.8) is 0 Å². The largest absolute Gasteiger partial charge is 0.464 e. The number of aromatic nitrogens is 1. The highest BCUT2D eigenvalue weighted by molar-refractivity contribution is 5.69. The van der Waals surface area contributed by atoms with Gasteiger partial charge in [-0.3, -0.25) is 4.79 Å².